The quantitative estimate of drug-likeness (QED) is 0.538. The number of thioether (sulfide) groups is 1. The van der Waals surface area contributed by atoms with Gasteiger partial charge in [-0.3, -0.25) is 0 Å². The van der Waals surface area contributed by atoms with E-state index in [2.05, 4.69) is 46.8 Å². The third-order valence-electron chi connectivity index (χ3n) is 4.64. The summed E-state index contributed by atoms with van der Waals surface area (Å²) in [5, 5.41) is 10.4. The van der Waals surface area contributed by atoms with Gasteiger partial charge in [-0.1, -0.05) is 31.2 Å². The van der Waals surface area contributed by atoms with E-state index in [0.717, 1.165) is 34.4 Å². The lowest BCUT2D eigenvalue weighted by Crippen LogP contribution is -2.27. The van der Waals surface area contributed by atoms with Crippen LogP contribution in [0.25, 0.3) is 6.08 Å². The van der Waals surface area contributed by atoms with Crippen LogP contribution < -0.4 is 4.74 Å². The number of hydrogen-bond donors (Lipinski definition) is 1. The molecule has 0 saturated carbocycles. The van der Waals surface area contributed by atoms with Gasteiger partial charge < -0.3 is 9.84 Å². The third kappa shape index (κ3) is 6.63. The van der Waals surface area contributed by atoms with Crippen LogP contribution in [-0.4, -0.2) is 17.0 Å². The Labute approximate surface area is 175 Å². The van der Waals surface area contributed by atoms with Gasteiger partial charge in [0.25, 0.3) is 0 Å². The standard InChI is InChI=1S/C23H30O2S.H2S/c1-7-23(4,5)25-22-16(2)14-18(15-17(22)3)8-13-21(24)19-9-11-20(26-6)12-10-19;/h8-15,21,24H,7H2,1-6H3;1H2/b13-8+;. The lowest BCUT2D eigenvalue weighted by atomic mass is 10.0. The van der Waals surface area contributed by atoms with Crippen molar-refractivity contribution in [1.29, 1.82) is 0 Å². The molecule has 0 saturated heterocycles. The van der Waals surface area contributed by atoms with Crippen LogP contribution in [0.3, 0.4) is 0 Å². The second kappa shape index (κ2) is 10.3. The summed E-state index contributed by atoms with van der Waals surface area (Å²) in [6.45, 7) is 10.5. The Morgan fingerprint density at radius 2 is 1.67 bits per heavy atom. The molecule has 0 radical (unpaired) electrons. The van der Waals surface area contributed by atoms with Gasteiger partial charge in [-0.25, -0.2) is 0 Å². The Balaban J connectivity index is 0.00000364. The summed E-state index contributed by atoms with van der Waals surface area (Å²) in [6, 6.07) is 12.2. The van der Waals surface area contributed by atoms with Crippen molar-refractivity contribution in [2.45, 2.75) is 57.6 Å². The molecule has 0 heterocycles. The van der Waals surface area contributed by atoms with Crippen LogP contribution in [0.1, 0.15) is 55.5 Å². The maximum atomic E-state index is 10.4. The number of benzene rings is 2. The van der Waals surface area contributed by atoms with Crippen LogP contribution in [0, 0.1) is 13.8 Å². The number of aryl methyl sites for hydroxylation is 2. The van der Waals surface area contributed by atoms with Crippen LogP contribution in [-0.2, 0) is 0 Å². The molecule has 0 aliphatic heterocycles. The van der Waals surface area contributed by atoms with E-state index >= 15 is 0 Å². The van der Waals surface area contributed by atoms with Crippen LogP contribution in [0.2, 0.25) is 0 Å². The molecule has 1 unspecified atom stereocenters. The van der Waals surface area contributed by atoms with Gasteiger partial charge in [-0.2, -0.15) is 13.5 Å². The number of aliphatic hydroxyl groups excluding tert-OH is 1. The molecular formula is C23H32O2S2. The van der Waals surface area contributed by atoms with Crippen molar-refractivity contribution in [1.82, 2.24) is 0 Å². The van der Waals surface area contributed by atoms with E-state index in [1.807, 2.05) is 42.7 Å². The number of ether oxygens (including phenoxy) is 1. The fourth-order valence-corrected chi connectivity index (χ4v) is 3.11. The highest BCUT2D eigenvalue weighted by Crippen LogP contribution is 2.30. The molecule has 1 atom stereocenters. The Morgan fingerprint density at radius 3 is 2.15 bits per heavy atom. The Morgan fingerprint density at radius 1 is 1.11 bits per heavy atom. The maximum Gasteiger partial charge on any atom is 0.125 e. The van der Waals surface area contributed by atoms with E-state index in [1.165, 1.54) is 4.90 Å². The third-order valence-corrected chi connectivity index (χ3v) is 5.38. The molecule has 1 N–H and O–H groups in total. The summed E-state index contributed by atoms with van der Waals surface area (Å²) < 4.78 is 6.21. The van der Waals surface area contributed by atoms with Crippen LogP contribution >= 0.6 is 25.3 Å². The van der Waals surface area contributed by atoms with Gasteiger partial charge in [-0.15, -0.1) is 11.8 Å². The molecule has 2 nitrogen and oxygen atoms in total. The summed E-state index contributed by atoms with van der Waals surface area (Å²) >= 11 is 1.70. The van der Waals surface area contributed by atoms with Gasteiger partial charge in [-0.05, 0) is 86.9 Å². The van der Waals surface area contributed by atoms with Gasteiger partial charge in [0.2, 0.25) is 0 Å². The molecule has 0 fully saturated rings. The minimum atomic E-state index is -0.610. The number of rotatable bonds is 7. The average Bonchev–Trinajstić information content (AvgIpc) is 2.63. The highest BCUT2D eigenvalue weighted by Gasteiger charge is 2.19. The molecule has 0 spiro atoms. The molecule has 0 bridgehead atoms. The summed E-state index contributed by atoms with van der Waals surface area (Å²) in [4.78, 5) is 1.20. The van der Waals surface area contributed by atoms with Crippen molar-refractivity contribution in [3.05, 3.63) is 64.7 Å². The lowest BCUT2D eigenvalue weighted by Gasteiger charge is -2.27. The van der Waals surface area contributed by atoms with Crippen molar-refractivity contribution in [2.75, 3.05) is 6.26 Å². The fourth-order valence-electron chi connectivity index (χ4n) is 2.70. The minimum Gasteiger partial charge on any atom is -0.487 e. The first-order valence-electron chi connectivity index (χ1n) is 9.06. The Bertz CT molecular complexity index is 741. The fraction of sp³-hybridized carbons (Fsp3) is 0.391. The lowest BCUT2D eigenvalue weighted by molar-refractivity contribution is 0.103. The molecule has 0 amide bonds. The maximum absolute atomic E-state index is 10.4. The summed E-state index contributed by atoms with van der Waals surface area (Å²) in [5.74, 6) is 0.960. The van der Waals surface area contributed by atoms with Crippen LogP contribution in [0.5, 0.6) is 5.75 Å². The van der Waals surface area contributed by atoms with Crippen molar-refractivity contribution in [3.8, 4) is 5.75 Å². The largest absolute Gasteiger partial charge is 0.487 e. The van der Waals surface area contributed by atoms with Gasteiger partial charge in [0.15, 0.2) is 0 Å². The molecule has 2 aromatic carbocycles. The Hall–Kier alpha value is -1.36. The topological polar surface area (TPSA) is 29.5 Å². The smallest absolute Gasteiger partial charge is 0.125 e. The molecule has 148 valence electrons. The average molecular weight is 405 g/mol. The molecule has 4 heteroatoms. The molecule has 2 aromatic rings. The predicted octanol–water partition coefficient (Wildman–Crippen LogP) is 6.45. The second-order valence-electron chi connectivity index (χ2n) is 7.28. The van der Waals surface area contributed by atoms with E-state index in [4.69, 9.17) is 4.74 Å². The molecule has 27 heavy (non-hydrogen) atoms. The summed E-state index contributed by atoms with van der Waals surface area (Å²) in [6.07, 6.45) is 6.20. The molecule has 0 aliphatic carbocycles. The molecule has 0 aromatic heterocycles. The zero-order chi connectivity index (χ0) is 19.3. The first kappa shape index (κ1) is 23.7. The zero-order valence-corrected chi connectivity index (χ0v) is 19.0. The number of aliphatic hydroxyl groups is 1. The number of hydrogen-bond acceptors (Lipinski definition) is 3. The predicted molar refractivity (Wildman–Crippen MR) is 124 cm³/mol. The Kier molecular flexibility index (Phi) is 9.00. The van der Waals surface area contributed by atoms with Gasteiger partial charge in [0, 0.05) is 4.90 Å². The molecule has 0 aliphatic rings. The van der Waals surface area contributed by atoms with E-state index in [1.54, 1.807) is 11.8 Å². The molecule has 2 rings (SSSR count). The second-order valence-corrected chi connectivity index (χ2v) is 8.16. The monoisotopic (exact) mass is 404 g/mol. The van der Waals surface area contributed by atoms with Crippen molar-refractivity contribution in [3.63, 3.8) is 0 Å². The van der Waals surface area contributed by atoms with Crippen molar-refractivity contribution >= 4 is 31.3 Å². The summed E-state index contributed by atoms with van der Waals surface area (Å²) in [7, 11) is 0. The van der Waals surface area contributed by atoms with Crippen molar-refractivity contribution < 1.29 is 9.84 Å². The molecular weight excluding hydrogens is 372 g/mol. The zero-order valence-electron chi connectivity index (χ0n) is 17.2. The van der Waals surface area contributed by atoms with Gasteiger partial charge >= 0.3 is 0 Å². The van der Waals surface area contributed by atoms with Gasteiger partial charge in [0.1, 0.15) is 11.4 Å². The first-order valence-corrected chi connectivity index (χ1v) is 10.3. The van der Waals surface area contributed by atoms with Crippen LogP contribution in [0.4, 0.5) is 0 Å². The van der Waals surface area contributed by atoms with Gasteiger partial charge in [0.05, 0.1) is 6.10 Å². The van der Waals surface area contributed by atoms with E-state index in [-0.39, 0.29) is 19.1 Å². The highest BCUT2D eigenvalue weighted by molar-refractivity contribution is 7.98. The summed E-state index contributed by atoms with van der Waals surface area (Å²) in [5.41, 5.74) is 4.03. The van der Waals surface area contributed by atoms with E-state index < -0.39 is 6.10 Å². The van der Waals surface area contributed by atoms with Crippen LogP contribution in [0.15, 0.2) is 47.4 Å². The van der Waals surface area contributed by atoms with Crippen molar-refractivity contribution in [2.24, 2.45) is 0 Å². The minimum absolute atomic E-state index is 0. The highest BCUT2D eigenvalue weighted by atomic mass is 32.2. The first-order chi connectivity index (χ1) is 12.3. The van der Waals surface area contributed by atoms with E-state index in [9.17, 15) is 5.11 Å². The normalized spacial score (nSPS) is 12.7. The SMILES string of the molecule is CCC(C)(C)Oc1c(C)cc(/C=C/C(O)c2ccc(SC)cc2)cc1C.S. The van der Waals surface area contributed by atoms with E-state index in [0.29, 0.717) is 0 Å².